The molecule has 0 spiro atoms. The van der Waals surface area contributed by atoms with Crippen LogP contribution < -0.4 is 4.74 Å². The predicted molar refractivity (Wildman–Crippen MR) is 95.7 cm³/mol. The number of likely N-dealkylation sites (tertiary alicyclic amines) is 1. The molecule has 0 radical (unpaired) electrons. The van der Waals surface area contributed by atoms with Gasteiger partial charge in [-0.05, 0) is 24.5 Å². The van der Waals surface area contributed by atoms with Crippen molar-refractivity contribution in [3.05, 3.63) is 48.0 Å². The first-order chi connectivity index (χ1) is 12.1. The van der Waals surface area contributed by atoms with Gasteiger partial charge in [-0.3, -0.25) is 4.79 Å². The molecule has 25 heavy (non-hydrogen) atoms. The third-order valence-electron chi connectivity index (χ3n) is 5.24. The minimum atomic E-state index is -0.372. The number of ether oxygens (including phenoxy) is 1. The van der Waals surface area contributed by atoms with E-state index in [1.54, 1.807) is 0 Å². The molecule has 0 saturated carbocycles. The van der Waals surface area contributed by atoms with Crippen LogP contribution in [0.25, 0.3) is 0 Å². The van der Waals surface area contributed by atoms with E-state index in [9.17, 15) is 4.79 Å². The van der Waals surface area contributed by atoms with Crippen LogP contribution in [0.4, 0.5) is 0 Å². The Morgan fingerprint density at radius 1 is 1.32 bits per heavy atom. The van der Waals surface area contributed by atoms with Crippen LogP contribution in [0.15, 0.2) is 36.7 Å². The minimum absolute atomic E-state index is 0.118. The van der Waals surface area contributed by atoms with Gasteiger partial charge in [0, 0.05) is 37.8 Å². The molecular weight excluding hydrogens is 314 g/mol. The van der Waals surface area contributed by atoms with Crippen molar-refractivity contribution in [3.63, 3.8) is 0 Å². The molecule has 2 aliphatic rings. The fourth-order valence-electron chi connectivity index (χ4n) is 3.99. The quantitative estimate of drug-likeness (QED) is 0.863. The SMILES string of the molecule is CC(C)c1nccn1[C@H]1CCCN(C(=O)[C@@H]2Cc3ccccc3O2)C1. The number of para-hydroxylation sites is 1. The third-order valence-corrected chi connectivity index (χ3v) is 5.24. The molecule has 0 aliphatic carbocycles. The minimum Gasteiger partial charge on any atom is -0.480 e. The summed E-state index contributed by atoms with van der Waals surface area (Å²) in [6.07, 6.45) is 6.34. The molecule has 1 aromatic heterocycles. The zero-order chi connectivity index (χ0) is 17.4. The first-order valence-electron chi connectivity index (χ1n) is 9.19. The van der Waals surface area contributed by atoms with Crippen LogP contribution in [-0.4, -0.2) is 39.6 Å². The van der Waals surface area contributed by atoms with Gasteiger partial charge in [0.1, 0.15) is 11.6 Å². The van der Waals surface area contributed by atoms with Crippen LogP contribution in [-0.2, 0) is 11.2 Å². The Hall–Kier alpha value is -2.30. The zero-order valence-electron chi connectivity index (χ0n) is 14.9. The molecule has 3 heterocycles. The number of hydrogen-bond acceptors (Lipinski definition) is 3. The molecule has 1 saturated heterocycles. The van der Waals surface area contributed by atoms with E-state index in [0.29, 0.717) is 18.4 Å². The zero-order valence-corrected chi connectivity index (χ0v) is 14.9. The maximum absolute atomic E-state index is 13.0. The lowest BCUT2D eigenvalue weighted by molar-refractivity contribution is -0.139. The topological polar surface area (TPSA) is 47.4 Å². The summed E-state index contributed by atoms with van der Waals surface area (Å²) in [5.74, 6) is 2.45. The Kier molecular flexibility index (Phi) is 4.24. The summed E-state index contributed by atoms with van der Waals surface area (Å²) < 4.78 is 8.16. The maximum Gasteiger partial charge on any atom is 0.264 e. The van der Waals surface area contributed by atoms with E-state index in [-0.39, 0.29) is 12.0 Å². The molecule has 0 N–H and O–H groups in total. The number of fused-ring (bicyclic) bond motifs is 1. The number of carbonyl (C=O) groups excluding carboxylic acids is 1. The second-order valence-corrected chi connectivity index (χ2v) is 7.35. The summed E-state index contributed by atoms with van der Waals surface area (Å²) in [5.41, 5.74) is 1.13. The van der Waals surface area contributed by atoms with Gasteiger partial charge >= 0.3 is 0 Å². The Labute approximate surface area is 148 Å². The average molecular weight is 339 g/mol. The maximum atomic E-state index is 13.0. The van der Waals surface area contributed by atoms with Crippen molar-refractivity contribution in [2.75, 3.05) is 13.1 Å². The number of amides is 1. The van der Waals surface area contributed by atoms with Gasteiger partial charge in [-0.15, -0.1) is 0 Å². The van der Waals surface area contributed by atoms with Crippen LogP contribution in [0.5, 0.6) is 5.75 Å². The molecule has 4 rings (SSSR count). The number of benzene rings is 1. The molecule has 5 heteroatoms. The summed E-state index contributed by atoms with van der Waals surface area (Å²) >= 11 is 0. The van der Waals surface area contributed by atoms with Crippen molar-refractivity contribution in [1.29, 1.82) is 0 Å². The van der Waals surface area contributed by atoms with Gasteiger partial charge in [0.2, 0.25) is 0 Å². The third kappa shape index (κ3) is 3.03. The second-order valence-electron chi connectivity index (χ2n) is 7.35. The van der Waals surface area contributed by atoms with E-state index in [1.807, 2.05) is 35.4 Å². The summed E-state index contributed by atoms with van der Waals surface area (Å²) in [6.45, 7) is 5.88. The molecule has 2 atom stereocenters. The smallest absolute Gasteiger partial charge is 0.264 e. The van der Waals surface area contributed by atoms with Crippen LogP contribution >= 0.6 is 0 Å². The fraction of sp³-hybridized carbons (Fsp3) is 0.500. The van der Waals surface area contributed by atoms with Crippen LogP contribution in [0.2, 0.25) is 0 Å². The highest BCUT2D eigenvalue weighted by atomic mass is 16.5. The summed E-state index contributed by atoms with van der Waals surface area (Å²) in [5, 5.41) is 0. The van der Waals surface area contributed by atoms with Gasteiger partial charge < -0.3 is 14.2 Å². The molecule has 2 aliphatic heterocycles. The lowest BCUT2D eigenvalue weighted by atomic mass is 10.0. The van der Waals surface area contributed by atoms with Crippen molar-refractivity contribution in [1.82, 2.24) is 14.5 Å². The molecule has 1 aromatic carbocycles. The number of piperidine rings is 1. The molecule has 5 nitrogen and oxygen atoms in total. The first kappa shape index (κ1) is 16.2. The Morgan fingerprint density at radius 3 is 2.96 bits per heavy atom. The normalized spacial score (nSPS) is 22.8. The second kappa shape index (κ2) is 6.54. The number of hydrogen-bond donors (Lipinski definition) is 0. The van der Waals surface area contributed by atoms with Gasteiger partial charge in [0.25, 0.3) is 5.91 Å². The average Bonchev–Trinajstić information content (AvgIpc) is 3.28. The van der Waals surface area contributed by atoms with E-state index in [1.165, 1.54) is 0 Å². The molecule has 0 bridgehead atoms. The van der Waals surface area contributed by atoms with Gasteiger partial charge in [0.15, 0.2) is 6.10 Å². The summed E-state index contributed by atoms with van der Waals surface area (Å²) in [6, 6.07) is 8.25. The van der Waals surface area contributed by atoms with Gasteiger partial charge in [0.05, 0.1) is 6.04 Å². The van der Waals surface area contributed by atoms with Crippen molar-refractivity contribution >= 4 is 5.91 Å². The van der Waals surface area contributed by atoms with Crippen molar-refractivity contribution in [3.8, 4) is 5.75 Å². The van der Waals surface area contributed by atoms with Crippen LogP contribution in [0, 0.1) is 0 Å². The monoisotopic (exact) mass is 339 g/mol. The van der Waals surface area contributed by atoms with Gasteiger partial charge in [-0.25, -0.2) is 4.98 Å². The van der Waals surface area contributed by atoms with Crippen molar-refractivity contribution < 1.29 is 9.53 Å². The highest BCUT2D eigenvalue weighted by Gasteiger charge is 2.35. The summed E-state index contributed by atoms with van der Waals surface area (Å²) in [7, 11) is 0. The van der Waals surface area contributed by atoms with Gasteiger partial charge in [-0.2, -0.15) is 0 Å². The standard InChI is InChI=1S/C20H25N3O2/c1-14(2)19-21-9-11-23(19)16-7-5-10-22(13-16)20(24)18-12-15-6-3-4-8-17(15)25-18/h3-4,6,8-9,11,14,16,18H,5,7,10,12-13H2,1-2H3/t16-,18-/m0/s1. The fourth-order valence-corrected chi connectivity index (χ4v) is 3.99. The van der Waals surface area contributed by atoms with Crippen LogP contribution in [0.3, 0.4) is 0 Å². The Balaban J connectivity index is 1.47. The largest absolute Gasteiger partial charge is 0.480 e. The molecule has 1 fully saturated rings. The van der Waals surface area contributed by atoms with E-state index in [4.69, 9.17) is 4.74 Å². The van der Waals surface area contributed by atoms with E-state index in [0.717, 1.165) is 43.1 Å². The number of aromatic nitrogens is 2. The lowest BCUT2D eigenvalue weighted by Crippen LogP contribution is -2.46. The number of nitrogens with zero attached hydrogens (tertiary/aromatic N) is 3. The Bertz CT molecular complexity index is 743. The van der Waals surface area contributed by atoms with E-state index < -0.39 is 0 Å². The van der Waals surface area contributed by atoms with Crippen LogP contribution in [0.1, 0.15) is 50.0 Å². The molecule has 1 amide bonds. The molecule has 2 aromatic rings. The van der Waals surface area contributed by atoms with Crippen molar-refractivity contribution in [2.24, 2.45) is 0 Å². The number of carbonyl (C=O) groups is 1. The highest BCUT2D eigenvalue weighted by Crippen LogP contribution is 2.31. The summed E-state index contributed by atoms with van der Waals surface area (Å²) in [4.78, 5) is 19.5. The van der Waals surface area contributed by atoms with Crippen molar-refractivity contribution in [2.45, 2.75) is 51.2 Å². The van der Waals surface area contributed by atoms with Gasteiger partial charge in [-0.1, -0.05) is 32.0 Å². The first-order valence-corrected chi connectivity index (χ1v) is 9.19. The van der Waals surface area contributed by atoms with E-state index >= 15 is 0 Å². The highest BCUT2D eigenvalue weighted by molar-refractivity contribution is 5.82. The number of imidazole rings is 1. The number of rotatable bonds is 3. The van der Waals surface area contributed by atoms with E-state index in [2.05, 4.69) is 29.6 Å². The lowest BCUT2D eigenvalue weighted by Gasteiger charge is -2.35. The molecule has 0 unspecified atom stereocenters. The predicted octanol–water partition coefficient (Wildman–Crippen LogP) is 3.17. The molecule has 132 valence electrons. The Morgan fingerprint density at radius 2 is 2.16 bits per heavy atom. The molecular formula is C20H25N3O2.